The highest BCUT2D eigenvalue weighted by Crippen LogP contribution is 2.38. The Labute approximate surface area is 129 Å². The van der Waals surface area contributed by atoms with Gasteiger partial charge in [0, 0.05) is 43.7 Å². The van der Waals surface area contributed by atoms with E-state index in [0.29, 0.717) is 24.7 Å². The summed E-state index contributed by atoms with van der Waals surface area (Å²) in [5.41, 5.74) is 1.20. The molecule has 1 amide bonds. The van der Waals surface area contributed by atoms with E-state index in [1.807, 2.05) is 11.0 Å². The Kier molecular flexibility index (Phi) is 3.24. The highest BCUT2D eigenvalue weighted by Gasteiger charge is 2.30. The first-order chi connectivity index (χ1) is 10.7. The van der Waals surface area contributed by atoms with Crippen LogP contribution in [0.5, 0.6) is 0 Å². The molecule has 1 aliphatic heterocycles. The van der Waals surface area contributed by atoms with E-state index in [1.165, 1.54) is 5.69 Å². The zero-order chi connectivity index (χ0) is 15.1. The summed E-state index contributed by atoms with van der Waals surface area (Å²) in [5, 5.41) is 3.99. The second-order valence-electron chi connectivity index (χ2n) is 6.21. The van der Waals surface area contributed by atoms with Gasteiger partial charge in [0.05, 0.1) is 6.04 Å². The molecule has 0 unspecified atom stereocenters. The van der Waals surface area contributed by atoms with Gasteiger partial charge in [0.25, 0.3) is 0 Å². The topological polar surface area (TPSA) is 64.2 Å². The molecule has 0 spiro atoms. The van der Waals surface area contributed by atoms with Crippen molar-refractivity contribution in [3.05, 3.63) is 35.7 Å². The number of nitrogens with zero attached hydrogens (tertiary/aromatic N) is 4. The van der Waals surface area contributed by atoms with Crippen LogP contribution < -0.4 is 0 Å². The summed E-state index contributed by atoms with van der Waals surface area (Å²) < 4.78 is 7.46. The number of rotatable bonds is 4. The Hall–Kier alpha value is -2.11. The Bertz CT molecular complexity index is 686. The van der Waals surface area contributed by atoms with Crippen LogP contribution >= 0.6 is 0 Å². The molecule has 6 nitrogen and oxygen atoms in total. The average Bonchev–Trinajstić information content (AvgIpc) is 3.07. The first-order valence-corrected chi connectivity index (χ1v) is 7.99. The molecule has 0 N–H and O–H groups in total. The molecule has 6 heteroatoms. The molecule has 1 atom stereocenters. The molecule has 1 fully saturated rings. The minimum atomic E-state index is 0.126. The van der Waals surface area contributed by atoms with Crippen molar-refractivity contribution in [1.29, 1.82) is 0 Å². The molecule has 2 aromatic rings. The molecule has 1 saturated carbocycles. The molecule has 22 heavy (non-hydrogen) atoms. The lowest BCUT2D eigenvalue weighted by Crippen LogP contribution is -2.40. The maximum Gasteiger partial charge on any atom is 0.227 e. The monoisotopic (exact) mass is 300 g/mol. The lowest BCUT2D eigenvalue weighted by Gasteiger charge is -2.35. The van der Waals surface area contributed by atoms with Crippen molar-refractivity contribution in [2.75, 3.05) is 6.54 Å². The lowest BCUT2D eigenvalue weighted by atomic mass is 10.1. The largest absolute Gasteiger partial charge is 0.348 e. The summed E-state index contributed by atoms with van der Waals surface area (Å²) in [6.45, 7) is 3.71. The standard InChI is InChI=1S/C16H20N4O2/c1-11-13-3-2-8-19(13)9-10-20(11)15(21)7-6-14-17-16(18-22-14)12-4-5-12/h2-3,8,11-12H,4-7,9-10H2,1H3/t11-/m0/s1. The molecule has 0 aromatic carbocycles. The zero-order valence-corrected chi connectivity index (χ0v) is 12.7. The summed E-state index contributed by atoms with van der Waals surface area (Å²) in [6, 6.07) is 4.25. The summed E-state index contributed by atoms with van der Waals surface area (Å²) in [6.07, 6.45) is 5.34. The van der Waals surface area contributed by atoms with E-state index in [2.05, 4.69) is 33.9 Å². The van der Waals surface area contributed by atoms with Gasteiger partial charge in [0.1, 0.15) is 0 Å². The van der Waals surface area contributed by atoms with Crippen molar-refractivity contribution >= 4 is 5.91 Å². The predicted octanol–water partition coefficient (Wildman–Crippen LogP) is 2.28. The number of hydrogen-bond donors (Lipinski definition) is 0. The first kappa shape index (κ1) is 13.5. The summed E-state index contributed by atoms with van der Waals surface area (Å²) in [7, 11) is 0. The number of aryl methyl sites for hydroxylation is 1. The Balaban J connectivity index is 1.37. The van der Waals surface area contributed by atoms with Gasteiger partial charge in [-0.25, -0.2) is 0 Å². The molecule has 1 aliphatic carbocycles. The maximum atomic E-state index is 12.5. The van der Waals surface area contributed by atoms with Crippen molar-refractivity contribution in [2.24, 2.45) is 0 Å². The fourth-order valence-electron chi connectivity index (χ4n) is 3.15. The third-order valence-electron chi connectivity index (χ3n) is 4.64. The summed E-state index contributed by atoms with van der Waals surface area (Å²) >= 11 is 0. The molecule has 0 radical (unpaired) electrons. The molecular weight excluding hydrogens is 280 g/mol. The number of amides is 1. The fraction of sp³-hybridized carbons (Fsp3) is 0.562. The van der Waals surface area contributed by atoms with Gasteiger partial charge in [-0.3, -0.25) is 4.79 Å². The van der Waals surface area contributed by atoms with Crippen LogP contribution in [0, 0.1) is 0 Å². The molecular formula is C16H20N4O2. The maximum absolute atomic E-state index is 12.5. The predicted molar refractivity (Wildman–Crippen MR) is 79.2 cm³/mol. The van der Waals surface area contributed by atoms with Gasteiger partial charge in [-0.05, 0) is 31.9 Å². The Morgan fingerprint density at radius 3 is 3.09 bits per heavy atom. The van der Waals surface area contributed by atoms with Crippen molar-refractivity contribution in [2.45, 2.75) is 51.1 Å². The SMILES string of the molecule is C[C@H]1c2cccn2CCN1C(=O)CCc1nc(C2CC2)no1. The molecule has 116 valence electrons. The van der Waals surface area contributed by atoms with E-state index < -0.39 is 0 Å². The average molecular weight is 300 g/mol. The van der Waals surface area contributed by atoms with Gasteiger partial charge in [-0.2, -0.15) is 4.98 Å². The van der Waals surface area contributed by atoms with Gasteiger partial charge in [-0.15, -0.1) is 0 Å². The minimum Gasteiger partial charge on any atom is -0.348 e. The quantitative estimate of drug-likeness (QED) is 0.869. The molecule has 4 rings (SSSR count). The number of fused-ring (bicyclic) bond motifs is 1. The van der Waals surface area contributed by atoms with Gasteiger partial charge in [-0.1, -0.05) is 5.16 Å². The van der Waals surface area contributed by atoms with Crippen LogP contribution in [0.1, 0.15) is 55.6 Å². The van der Waals surface area contributed by atoms with Crippen LogP contribution in [0.15, 0.2) is 22.9 Å². The minimum absolute atomic E-state index is 0.126. The zero-order valence-electron chi connectivity index (χ0n) is 12.7. The Morgan fingerprint density at radius 2 is 2.27 bits per heavy atom. The van der Waals surface area contributed by atoms with Crippen LogP contribution in [-0.2, 0) is 17.8 Å². The van der Waals surface area contributed by atoms with Gasteiger partial charge in [0.15, 0.2) is 5.82 Å². The normalized spacial score (nSPS) is 21.0. The van der Waals surface area contributed by atoms with Crippen molar-refractivity contribution in [3.8, 4) is 0 Å². The third-order valence-corrected chi connectivity index (χ3v) is 4.64. The number of aromatic nitrogens is 3. The fourth-order valence-corrected chi connectivity index (χ4v) is 3.15. The number of carbonyl (C=O) groups excluding carboxylic acids is 1. The van der Waals surface area contributed by atoms with E-state index >= 15 is 0 Å². The highest BCUT2D eigenvalue weighted by molar-refractivity contribution is 5.77. The van der Waals surface area contributed by atoms with Crippen LogP contribution in [-0.4, -0.2) is 32.1 Å². The van der Waals surface area contributed by atoms with Crippen molar-refractivity contribution in [3.63, 3.8) is 0 Å². The second-order valence-corrected chi connectivity index (χ2v) is 6.21. The Morgan fingerprint density at radius 1 is 1.41 bits per heavy atom. The number of carbonyl (C=O) groups is 1. The van der Waals surface area contributed by atoms with Crippen LogP contribution in [0.4, 0.5) is 0 Å². The third kappa shape index (κ3) is 2.42. The second kappa shape index (κ2) is 5.26. The van der Waals surface area contributed by atoms with E-state index in [1.54, 1.807) is 0 Å². The smallest absolute Gasteiger partial charge is 0.227 e. The molecule has 2 aliphatic rings. The van der Waals surface area contributed by atoms with Gasteiger partial charge < -0.3 is 14.0 Å². The molecule has 3 heterocycles. The van der Waals surface area contributed by atoms with Crippen molar-refractivity contribution in [1.82, 2.24) is 19.6 Å². The van der Waals surface area contributed by atoms with Gasteiger partial charge >= 0.3 is 0 Å². The van der Waals surface area contributed by atoms with Crippen molar-refractivity contribution < 1.29 is 9.32 Å². The van der Waals surface area contributed by atoms with E-state index in [4.69, 9.17) is 4.52 Å². The van der Waals surface area contributed by atoms with Crippen LogP contribution in [0.2, 0.25) is 0 Å². The number of hydrogen-bond acceptors (Lipinski definition) is 4. The summed E-state index contributed by atoms with van der Waals surface area (Å²) in [5.74, 6) is 2.05. The first-order valence-electron chi connectivity index (χ1n) is 7.99. The highest BCUT2D eigenvalue weighted by atomic mass is 16.5. The van der Waals surface area contributed by atoms with Crippen LogP contribution in [0.25, 0.3) is 0 Å². The molecule has 0 saturated heterocycles. The summed E-state index contributed by atoms with van der Waals surface area (Å²) in [4.78, 5) is 18.8. The van der Waals surface area contributed by atoms with E-state index in [-0.39, 0.29) is 11.9 Å². The van der Waals surface area contributed by atoms with E-state index in [9.17, 15) is 4.79 Å². The van der Waals surface area contributed by atoms with Crippen LogP contribution in [0.3, 0.4) is 0 Å². The van der Waals surface area contributed by atoms with Gasteiger partial charge in [0.2, 0.25) is 11.8 Å². The lowest BCUT2D eigenvalue weighted by molar-refractivity contribution is -0.134. The molecule has 0 bridgehead atoms. The van der Waals surface area contributed by atoms with E-state index in [0.717, 1.165) is 31.8 Å². The molecule has 2 aromatic heterocycles.